The molecule has 3 heterocycles. The molecule has 5 nitrogen and oxygen atoms in total. The van der Waals surface area contributed by atoms with E-state index in [0.717, 1.165) is 32.5 Å². The van der Waals surface area contributed by atoms with Crippen molar-refractivity contribution in [3.63, 3.8) is 0 Å². The summed E-state index contributed by atoms with van der Waals surface area (Å²) in [7, 11) is 0. The zero-order valence-electron chi connectivity index (χ0n) is 13.1. The number of aromatic nitrogens is 2. The Morgan fingerprint density at radius 2 is 2.13 bits per heavy atom. The molecule has 0 aromatic carbocycles. The molecule has 23 heavy (non-hydrogen) atoms. The fourth-order valence-corrected chi connectivity index (χ4v) is 2.82. The Bertz CT molecular complexity index is 660. The van der Waals surface area contributed by atoms with E-state index in [9.17, 15) is 0 Å². The Labute approximate surface area is 136 Å². The number of rotatable bonds is 5. The lowest BCUT2D eigenvalue weighted by Crippen LogP contribution is -2.35. The number of hydrogen-bond acceptors (Lipinski definition) is 5. The Hall–Kier alpha value is -2.45. The van der Waals surface area contributed by atoms with Gasteiger partial charge in [0.1, 0.15) is 0 Å². The molecule has 0 bridgehead atoms. The third-order valence-corrected chi connectivity index (χ3v) is 4.17. The van der Waals surface area contributed by atoms with Crippen molar-refractivity contribution >= 4 is 0 Å². The fraction of sp³-hybridized carbons (Fsp3) is 0.389. The number of pyridine rings is 2. The molecule has 0 saturated carbocycles. The monoisotopic (exact) mass is 308 g/mol. The van der Waals surface area contributed by atoms with Crippen LogP contribution in [0.3, 0.4) is 0 Å². The van der Waals surface area contributed by atoms with Gasteiger partial charge in [-0.3, -0.25) is 9.88 Å². The molecule has 2 aromatic rings. The summed E-state index contributed by atoms with van der Waals surface area (Å²) in [6.45, 7) is 3.79. The number of nitrogens with zero attached hydrogens (tertiary/aromatic N) is 4. The van der Waals surface area contributed by atoms with Crippen molar-refractivity contribution in [2.24, 2.45) is 5.92 Å². The predicted molar refractivity (Wildman–Crippen MR) is 86.7 cm³/mol. The van der Waals surface area contributed by atoms with Gasteiger partial charge in [-0.15, -0.1) is 0 Å². The molecule has 1 fully saturated rings. The SMILES string of the molecule is N#Cc1ccnc(OCC2CCN(Cc3cccnc3)CC2)c1. The molecular formula is C18H20N4O. The summed E-state index contributed by atoms with van der Waals surface area (Å²) in [5, 5.41) is 8.89. The highest BCUT2D eigenvalue weighted by molar-refractivity contribution is 5.31. The van der Waals surface area contributed by atoms with Gasteiger partial charge in [0.2, 0.25) is 5.88 Å². The van der Waals surface area contributed by atoms with Gasteiger partial charge in [0.25, 0.3) is 0 Å². The van der Waals surface area contributed by atoms with E-state index in [1.54, 1.807) is 18.3 Å². The maximum Gasteiger partial charge on any atom is 0.214 e. The van der Waals surface area contributed by atoms with E-state index in [1.807, 2.05) is 18.5 Å². The zero-order valence-corrected chi connectivity index (χ0v) is 13.1. The molecule has 0 aliphatic carbocycles. The second kappa shape index (κ2) is 7.70. The van der Waals surface area contributed by atoms with Crippen molar-refractivity contribution < 1.29 is 4.74 Å². The van der Waals surface area contributed by atoms with Gasteiger partial charge in [-0.25, -0.2) is 4.98 Å². The number of nitriles is 1. The molecule has 0 N–H and O–H groups in total. The van der Waals surface area contributed by atoms with E-state index in [4.69, 9.17) is 10.00 Å². The molecule has 5 heteroatoms. The molecule has 0 atom stereocenters. The minimum absolute atomic E-state index is 0.543. The van der Waals surface area contributed by atoms with Crippen molar-refractivity contribution in [3.8, 4) is 11.9 Å². The van der Waals surface area contributed by atoms with Crippen LogP contribution in [-0.4, -0.2) is 34.6 Å². The van der Waals surface area contributed by atoms with E-state index in [0.29, 0.717) is 24.0 Å². The first-order chi connectivity index (χ1) is 11.3. The molecule has 1 aliphatic rings. The largest absolute Gasteiger partial charge is 0.477 e. The van der Waals surface area contributed by atoms with E-state index in [1.165, 1.54) is 5.56 Å². The minimum atomic E-state index is 0.543. The summed E-state index contributed by atoms with van der Waals surface area (Å²) in [4.78, 5) is 10.8. The molecule has 0 amide bonds. The van der Waals surface area contributed by atoms with Gasteiger partial charge in [-0.2, -0.15) is 5.26 Å². The van der Waals surface area contributed by atoms with Crippen molar-refractivity contribution in [1.82, 2.24) is 14.9 Å². The molecule has 3 rings (SSSR count). The smallest absolute Gasteiger partial charge is 0.214 e. The second-order valence-electron chi connectivity index (χ2n) is 5.89. The number of likely N-dealkylation sites (tertiary alicyclic amines) is 1. The molecular weight excluding hydrogens is 288 g/mol. The van der Waals surface area contributed by atoms with Crippen molar-refractivity contribution in [2.75, 3.05) is 19.7 Å². The van der Waals surface area contributed by atoms with Gasteiger partial charge >= 0.3 is 0 Å². The Balaban J connectivity index is 1.43. The standard InChI is InChI=1S/C18H20N4O/c19-11-16-3-7-21-18(10-16)23-14-15-4-8-22(9-5-15)13-17-2-1-6-20-12-17/h1-3,6-7,10,12,15H,4-5,8-9,13-14H2. The highest BCUT2D eigenvalue weighted by Crippen LogP contribution is 2.20. The van der Waals surface area contributed by atoms with Crippen LogP contribution in [0.15, 0.2) is 42.9 Å². The maximum absolute atomic E-state index is 8.89. The van der Waals surface area contributed by atoms with Gasteiger partial charge in [0, 0.05) is 31.2 Å². The third-order valence-electron chi connectivity index (χ3n) is 4.17. The summed E-state index contributed by atoms with van der Waals surface area (Å²) in [6.07, 6.45) is 7.60. The number of hydrogen-bond donors (Lipinski definition) is 0. The van der Waals surface area contributed by atoms with Crippen LogP contribution in [0.4, 0.5) is 0 Å². The highest BCUT2D eigenvalue weighted by Gasteiger charge is 2.20. The lowest BCUT2D eigenvalue weighted by molar-refractivity contribution is 0.134. The lowest BCUT2D eigenvalue weighted by atomic mass is 9.97. The van der Waals surface area contributed by atoms with Crippen LogP contribution in [0.5, 0.6) is 5.88 Å². The van der Waals surface area contributed by atoms with Crippen molar-refractivity contribution in [2.45, 2.75) is 19.4 Å². The van der Waals surface area contributed by atoms with Crippen LogP contribution >= 0.6 is 0 Å². The van der Waals surface area contributed by atoms with E-state index in [2.05, 4.69) is 27.0 Å². The average molecular weight is 308 g/mol. The first-order valence-electron chi connectivity index (χ1n) is 7.93. The van der Waals surface area contributed by atoms with Gasteiger partial charge in [0.05, 0.1) is 18.2 Å². The van der Waals surface area contributed by atoms with Gasteiger partial charge < -0.3 is 4.74 Å². The van der Waals surface area contributed by atoms with Crippen LogP contribution in [-0.2, 0) is 6.54 Å². The summed E-state index contributed by atoms with van der Waals surface area (Å²) >= 11 is 0. The second-order valence-corrected chi connectivity index (χ2v) is 5.89. The number of ether oxygens (including phenoxy) is 1. The van der Waals surface area contributed by atoms with Gasteiger partial charge in [-0.05, 0) is 49.5 Å². The van der Waals surface area contributed by atoms with Gasteiger partial charge in [-0.1, -0.05) is 6.07 Å². The van der Waals surface area contributed by atoms with E-state index in [-0.39, 0.29) is 0 Å². The molecule has 0 spiro atoms. The van der Waals surface area contributed by atoms with E-state index < -0.39 is 0 Å². The maximum atomic E-state index is 8.89. The Morgan fingerprint density at radius 3 is 2.87 bits per heavy atom. The molecule has 2 aromatic heterocycles. The minimum Gasteiger partial charge on any atom is -0.477 e. The van der Waals surface area contributed by atoms with Crippen LogP contribution in [0.2, 0.25) is 0 Å². The third kappa shape index (κ3) is 4.51. The van der Waals surface area contributed by atoms with Crippen LogP contribution < -0.4 is 4.74 Å². The topological polar surface area (TPSA) is 62.0 Å². The number of piperidine rings is 1. The molecule has 1 aliphatic heterocycles. The lowest BCUT2D eigenvalue weighted by Gasteiger charge is -2.31. The van der Waals surface area contributed by atoms with Crippen molar-refractivity contribution in [3.05, 3.63) is 54.0 Å². The fourth-order valence-electron chi connectivity index (χ4n) is 2.82. The molecule has 118 valence electrons. The highest BCUT2D eigenvalue weighted by atomic mass is 16.5. The Kier molecular flexibility index (Phi) is 5.17. The summed E-state index contributed by atoms with van der Waals surface area (Å²) in [6, 6.07) is 9.58. The van der Waals surface area contributed by atoms with Gasteiger partial charge in [0.15, 0.2) is 0 Å². The Morgan fingerprint density at radius 1 is 1.26 bits per heavy atom. The molecule has 0 unspecified atom stereocenters. The summed E-state index contributed by atoms with van der Waals surface area (Å²) < 4.78 is 5.75. The first-order valence-corrected chi connectivity index (χ1v) is 7.93. The normalized spacial score (nSPS) is 16.0. The van der Waals surface area contributed by atoms with E-state index >= 15 is 0 Å². The molecule has 0 radical (unpaired) electrons. The van der Waals surface area contributed by atoms with Crippen LogP contribution in [0, 0.1) is 17.2 Å². The average Bonchev–Trinajstić information content (AvgIpc) is 2.62. The summed E-state index contributed by atoms with van der Waals surface area (Å²) in [5.41, 5.74) is 1.85. The quantitative estimate of drug-likeness (QED) is 0.849. The summed E-state index contributed by atoms with van der Waals surface area (Å²) in [5.74, 6) is 1.09. The molecule has 1 saturated heterocycles. The van der Waals surface area contributed by atoms with Crippen LogP contribution in [0.1, 0.15) is 24.0 Å². The van der Waals surface area contributed by atoms with Crippen molar-refractivity contribution in [1.29, 1.82) is 5.26 Å². The predicted octanol–water partition coefficient (Wildman–Crippen LogP) is 2.64. The van der Waals surface area contributed by atoms with Crippen LogP contribution in [0.25, 0.3) is 0 Å². The zero-order chi connectivity index (χ0) is 15.9. The first kappa shape index (κ1) is 15.4.